The molecular formula is C61H120N2O7P+. The number of hydrogen-bond acceptors (Lipinski definition) is 6. The lowest BCUT2D eigenvalue weighted by atomic mass is 10.0. The number of carbonyl (C=O) groups is 2. The molecule has 0 aliphatic heterocycles. The minimum atomic E-state index is -4.44. The van der Waals surface area contributed by atoms with E-state index in [1.165, 1.54) is 212 Å². The van der Waals surface area contributed by atoms with Crippen LogP contribution < -0.4 is 5.32 Å². The fraction of sp³-hybridized carbons (Fsp3) is 0.902. The molecule has 0 rings (SSSR count). The van der Waals surface area contributed by atoms with Gasteiger partial charge in [-0.2, -0.15) is 0 Å². The summed E-state index contributed by atoms with van der Waals surface area (Å²) in [5.74, 6) is -0.492. The van der Waals surface area contributed by atoms with Crippen LogP contribution in [0.15, 0.2) is 24.3 Å². The molecular weight excluding hydrogens is 904 g/mol. The number of nitrogens with zero attached hydrogens (tertiary/aromatic N) is 1. The van der Waals surface area contributed by atoms with Crippen LogP contribution in [0.25, 0.3) is 0 Å². The van der Waals surface area contributed by atoms with E-state index in [0.717, 1.165) is 57.8 Å². The molecule has 0 saturated carbocycles. The molecule has 0 heterocycles. The third kappa shape index (κ3) is 53.1. The molecule has 2 N–H and O–H groups in total. The van der Waals surface area contributed by atoms with Crippen molar-refractivity contribution in [3.63, 3.8) is 0 Å². The van der Waals surface area contributed by atoms with Crippen molar-refractivity contribution in [3.8, 4) is 0 Å². The number of quaternary nitrogens is 1. The molecule has 0 saturated heterocycles. The molecule has 0 radical (unpaired) electrons. The van der Waals surface area contributed by atoms with Crippen LogP contribution in [0.1, 0.15) is 303 Å². The van der Waals surface area contributed by atoms with E-state index in [9.17, 15) is 19.0 Å². The van der Waals surface area contributed by atoms with E-state index in [0.29, 0.717) is 23.9 Å². The first-order chi connectivity index (χ1) is 34.4. The molecule has 71 heavy (non-hydrogen) atoms. The third-order valence-electron chi connectivity index (χ3n) is 13.9. The monoisotopic (exact) mass is 1020 g/mol. The highest BCUT2D eigenvalue weighted by molar-refractivity contribution is 7.47. The number of phosphoric acid groups is 1. The molecule has 0 fully saturated rings. The van der Waals surface area contributed by atoms with Crippen LogP contribution in [-0.2, 0) is 27.9 Å². The molecule has 1 amide bonds. The maximum atomic E-state index is 13.5. The molecule has 0 aliphatic carbocycles. The minimum absolute atomic E-state index is 0.0435. The van der Waals surface area contributed by atoms with E-state index < -0.39 is 20.0 Å². The number of amides is 1. The van der Waals surface area contributed by atoms with Gasteiger partial charge in [-0.05, 0) is 57.4 Å². The summed E-state index contributed by atoms with van der Waals surface area (Å²) >= 11 is 0. The van der Waals surface area contributed by atoms with Gasteiger partial charge in [0.1, 0.15) is 19.3 Å². The van der Waals surface area contributed by atoms with Gasteiger partial charge in [-0.1, -0.05) is 257 Å². The topological polar surface area (TPSA) is 111 Å². The van der Waals surface area contributed by atoms with Gasteiger partial charge in [0.05, 0.1) is 33.8 Å². The van der Waals surface area contributed by atoms with Crippen molar-refractivity contribution in [1.29, 1.82) is 0 Å². The fourth-order valence-corrected chi connectivity index (χ4v) is 9.85. The van der Waals surface area contributed by atoms with Gasteiger partial charge >= 0.3 is 13.8 Å². The van der Waals surface area contributed by atoms with Gasteiger partial charge in [0, 0.05) is 12.8 Å². The van der Waals surface area contributed by atoms with E-state index in [4.69, 9.17) is 13.8 Å². The second-order valence-corrected chi connectivity index (χ2v) is 23.7. The number of unbranched alkanes of at least 4 members (excludes halogenated alkanes) is 38. The lowest BCUT2D eigenvalue weighted by Crippen LogP contribution is -2.47. The Morgan fingerprint density at radius 2 is 0.817 bits per heavy atom. The van der Waals surface area contributed by atoms with Crippen molar-refractivity contribution in [2.24, 2.45) is 0 Å². The summed E-state index contributed by atoms with van der Waals surface area (Å²) in [6, 6.07) is -0.842. The van der Waals surface area contributed by atoms with Gasteiger partial charge < -0.3 is 19.4 Å². The Hall–Kier alpha value is -1.51. The lowest BCUT2D eigenvalue weighted by molar-refractivity contribution is -0.870. The summed E-state index contributed by atoms with van der Waals surface area (Å²) in [5, 5.41) is 3.06. The highest BCUT2D eigenvalue weighted by atomic mass is 31.2. The zero-order chi connectivity index (χ0) is 52.2. The van der Waals surface area contributed by atoms with Gasteiger partial charge in [-0.15, -0.1) is 0 Å². The number of rotatable bonds is 56. The number of esters is 1. The molecule has 420 valence electrons. The van der Waals surface area contributed by atoms with Gasteiger partial charge in [0.25, 0.3) is 0 Å². The smallest absolute Gasteiger partial charge is 0.456 e. The Morgan fingerprint density at radius 3 is 1.20 bits per heavy atom. The van der Waals surface area contributed by atoms with Gasteiger partial charge in [-0.25, -0.2) is 4.57 Å². The number of hydrogen-bond donors (Lipinski definition) is 2. The Balaban J connectivity index is 5.26. The van der Waals surface area contributed by atoms with E-state index in [-0.39, 0.29) is 25.1 Å². The third-order valence-corrected chi connectivity index (χ3v) is 14.9. The number of phosphoric ester groups is 1. The highest BCUT2D eigenvalue weighted by Gasteiger charge is 2.30. The second kappa shape index (κ2) is 52.0. The number of nitrogens with one attached hydrogen (secondary N) is 1. The lowest BCUT2D eigenvalue weighted by Gasteiger charge is -2.27. The average Bonchev–Trinajstić information content (AvgIpc) is 3.33. The first kappa shape index (κ1) is 69.5. The maximum Gasteiger partial charge on any atom is 0.472 e. The summed E-state index contributed by atoms with van der Waals surface area (Å²) in [6.07, 6.45) is 60.2. The molecule has 10 heteroatoms. The molecule has 9 nitrogen and oxygen atoms in total. The van der Waals surface area contributed by atoms with Crippen LogP contribution in [0.4, 0.5) is 0 Å². The summed E-state index contributed by atoms with van der Waals surface area (Å²) in [5.41, 5.74) is 0. The molecule has 0 aromatic rings. The predicted octanol–water partition coefficient (Wildman–Crippen LogP) is 18.6. The SMILES string of the molecule is CCCCCCCC/C=C/CCCCCCCCCCCC(=O)OC(/C=C/CCCCCCCCCCCCC)C(COP(=O)(O)OCC[N+](C)(C)C)NC(=O)CCCCCCCCCCCCCCC. The summed E-state index contributed by atoms with van der Waals surface area (Å²) in [4.78, 5) is 37.6. The van der Waals surface area contributed by atoms with Crippen LogP contribution in [0.2, 0.25) is 0 Å². The number of allylic oxidation sites excluding steroid dienone is 3. The van der Waals surface area contributed by atoms with Crippen molar-refractivity contribution < 1.29 is 37.3 Å². The molecule has 3 unspecified atom stereocenters. The van der Waals surface area contributed by atoms with Crippen molar-refractivity contribution in [1.82, 2.24) is 5.32 Å². The normalized spacial score (nSPS) is 13.8. The fourth-order valence-electron chi connectivity index (χ4n) is 9.11. The summed E-state index contributed by atoms with van der Waals surface area (Å²) < 4.78 is 30.7. The van der Waals surface area contributed by atoms with E-state index in [1.54, 1.807) is 0 Å². The van der Waals surface area contributed by atoms with Gasteiger partial charge in [-0.3, -0.25) is 18.6 Å². The quantitative estimate of drug-likeness (QED) is 0.0205. The van der Waals surface area contributed by atoms with Crippen molar-refractivity contribution in [3.05, 3.63) is 24.3 Å². The van der Waals surface area contributed by atoms with E-state index >= 15 is 0 Å². The van der Waals surface area contributed by atoms with Crippen LogP contribution in [0, 0.1) is 0 Å². The minimum Gasteiger partial charge on any atom is -0.456 e. The largest absolute Gasteiger partial charge is 0.472 e. The molecule has 3 atom stereocenters. The number of likely N-dealkylation sites (N-methyl/N-ethyl adjacent to an activating group) is 1. The van der Waals surface area contributed by atoms with E-state index in [2.05, 4.69) is 38.2 Å². The van der Waals surface area contributed by atoms with Crippen LogP contribution >= 0.6 is 7.82 Å². The standard InChI is InChI=1S/C61H119N2O7P/c1-7-10-13-16-19-22-25-28-29-30-31-32-33-36-39-42-45-48-51-54-61(65)70-59(52-49-46-43-40-37-34-26-23-20-17-14-11-8-2)58(57-69-71(66,67)68-56-55-63(4,5)6)62-60(64)53-50-47-44-41-38-35-27-24-21-18-15-12-9-3/h28-29,49,52,58-59H,7-27,30-48,50-51,53-57H2,1-6H3,(H-,62,64,66,67)/p+1/b29-28+,52-49+. The van der Waals surface area contributed by atoms with Gasteiger partial charge in [0.2, 0.25) is 5.91 Å². The maximum absolute atomic E-state index is 13.5. The Labute approximate surface area is 441 Å². The first-order valence-corrected chi connectivity index (χ1v) is 32.2. The molecule has 0 aliphatic rings. The summed E-state index contributed by atoms with van der Waals surface area (Å²) in [7, 11) is 1.51. The predicted molar refractivity (Wildman–Crippen MR) is 305 cm³/mol. The first-order valence-electron chi connectivity index (χ1n) is 30.7. The number of ether oxygens (including phenoxy) is 1. The summed E-state index contributed by atoms with van der Waals surface area (Å²) in [6.45, 7) is 7.04. The molecule has 0 aromatic heterocycles. The van der Waals surface area contributed by atoms with Crippen LogP contribution in [0.5, 0.6) is 0 Å². The van der Waals surface area contributed by atoms with Crippen molar-refractivity contribution in [2.75, 3.05) is 40.9 Å². The molecule has 0 aromatic carbocycles. The molecule has 0 spiro atoms. The second-order valence-electron chi connectivity index (χ2n) is 22.2. The Bertz CT molecular complexity index is 1270. The van der Waals surface area contributed by atoms with Crippen molar-refractivity contribution >= 4 is 19.7 Å². The Kier molecular flexibility index (Phi) is 50.8. The van der Waals surface area contributed by atoms with Crippen LogP contribution in [-0.4, -0.2) is 74.3 Å². The van der Waals surface area contributed by atoms with Crippen molar-refractivity contribution in [2.45, 2.75) is 315 Å². The zero-order valence-corrected chi connectivity index (χ0v) is 48.9. The number of carbonyl (C=O) groups excluding carboxylic acids is 2. The highest BCUT2D eigenvalue weighted by Crippen LogP contribution is 2.43. The van der Waals surface area contributed by atoms with Crippen LogP contribution in [0.3, 0.4) is 0 Å². The average molecular weight is 1020 g/mol. The zero-order valence-electron chi connectivity index (χ0n) is 48.0. The van der Waals surface area contributed by atoms with E-state index in [1.807, 2.05) is 33.3 Å². The molecule has 0 bridgehead atoms. The Morgan fingerprint density at radius 1 is 0.479 bits per heavy atom. The van der Waals surface area contributed by atoms with Gasteiger partial charge in [0.15, 0.2) is 0 Å².